The van der Waals surface area contributed by atoms with E-state index < -0.39 is 23.4 Å². The van der Waals surface area contributed by atoms with Gasteiger partial charge in [-0.3, -0.25) is 0 Å². The van der Waals surface area contributed by atoms with Crippen molar-refractivity contribution < 1.29 is 23.1 Å². The summed E-state index contributed by atoms with van der Waals surface area (Å²) in [5.41, 5.74) is 3.83. The van der Waals surface area contributed by atoms with Gasteiger partial charge in [0.25, 0.3) is 0 Å². The molecule has 0 aliphatic rings. The predicted octanol–water partition coefficient (Wildman–Crippen LogP) is 3.15. The molecule has 0 unspecified atom stereocenters. The molecular weight excluding hydrogens is 303 g/mol. The lowest BCUT2D eigenvalue weighted by Crippen LogP contribution is -2.10. The second-order valence-electron chi connectivity index (χ2n) is 3.13. The third kappa shape index (κ3) is 3.48. The summed E-state index contributed by atoms with van der Waals surface area (Å²) in [7, 11) is 0. The molecule has 0 radical (unpaired) electrons. The van der Waals surface area contributed by atoms with E-state index in [4.69, 9.17) is 10.8 Å². The van der Waals surface area contributed by atoms with Gasteiger partial charge in [-0.1, -0.05) is 15.9 Å². The van der Waals surface area contributed by atoms with E-state index in [1.54, 1.807) is 0 Å². The Balaban J connectivity index is 3.34. The summed E-state index contributed by atoms with van der Waals surface area (Å²) in [6.45, 7) is 0. The van der Waals surface area contributed by atoms with Crippen LogP contribution in [0.1, 0.15) is 11.1 Å². The zero-order valence-corrected chi connectivity index (χ0v) is 9.84. The normalized spacial score (nSPS) is 12.0. The molecule has 0 fully saturated rings. The number of aliphatic carboxylic acids is 1. The number of nitrogens with two attached hydrogens (primary N) is 1. The second-order valence-corrected chi connectivity index (χ2v) is 4.04. The van der Waals surface area contributed by atoms with Crippen LogP contribution in [0.25, 0.3) is 6.08 Å². The average molecular weight is 310 g/mol. The van der Waals surface area contributed by atoms with Gasteiger partial charge in [0.15, 0.2) is 0 Å². The van der Waals surface area contributed by atoms with Crippen molar-refractivity contribution in [2.45, 2.75) is 6.18 Å². The molecule has 1 rings (SSSR count). The summed E-state index contributed by atoms with van der Waals surface area (Å²) in [5.74, 6) is -1.27. The minimum Gasteiger partial charge on any atom is -0.478 e. The lowest BCUT2D eigenvalue weighted by molar-refractivity contribution is -0.137. The van der Waals surface area contributed by atoms with Crippen LogP contribution in [0, 0.1) is 0 Å². The Labute approximate surface area is 103 Å². The topological polar surface area (TPSA) is 63.3 Å². The van der Waals surface area contributed by atoms with Gasteiger partial charge in [0.2, 0.25) is 0 Å². The van der Waals surface area contributed by atoms with E-state index in [9.17, 15) is 18.0 Å². The molecule has 0 aliphatic carbocycles. The fourth-order valence-electron chi connectivity index (χ4n) is 1.17. The number of anilines is 1. The summed E-state index contributed by atoms with van der Waals surface area (Å²) in [5, 5.41) is 8.40. The average Bonchev–Trinajstić information content (AvgIpc) is 2.17. The van der Waals surface area contributed by atoms with Gasteiger partial charge in [0.1, 0.15) is 0 Å². The highest BCUT2D eigenvalue weighted by atomic mass is 79.9. The first-order valence-corrected chi connectivity index (χ1v) is 5.08. The van der Waals surface area contributed by atoms with Crippen LogP contribution in [0.5, 0.6) is 0 Å². The summed E-state index contributed by atoms with van der Waals surface area (Å²) in [6.07, 6.45) is -2.85. The number of alkyl halides is 3. The van der Waals surface area contributed by atoms with Crippen LogP contribution in [0.2, 0.25) is 0 Å². The van der Waals surface area contributed by atoms with Crippen LogP contribution >= 0.6 is 15.9 Å². The Hall–Kier alpha value is -1.50. The minimum absolute atomic E-state index is 0.00546. The molecule has 0 amide bonds. The Morgan fingerprint density at radius 1 is 1.41 bits per heavy atom. The van der Waals surface area contributed by atoms with Gasteiger partial charge >= 0.3 is 12.1 Å². The van der Waals surface area contributed by atoms with Gasteiger partial charge < -0.3 is 10.8 Å². The van der Waals surface area contributed by atoms with Crippen molar-refractivity contribution in [3.63, 3.8) is 0 Å². The van der Waals surface area contributed by atoms with Crippen molar-refractivity contribution in [3.8, 4) is 0 Å². The first-order valence-electron chi connectivity index (χ1n) is 4.29. The molecule has 3 nitrogen and oxygen atoms in total. The smallest absolute Gasteiger partial charge is 0.418 e. The summed E-state index contributed by atoms with van der Waals surface area (Å²) in [6, 6.07) is 2.15. The fraction of sp³-hybridized carbons (Fsp3) is 0.100. The van der Waals surface area contributed by atoms with Crippen molar-refractivity contribution in [1.82, 2.24) is 0 Å². The SMILES string of the molecule is Nc1c(/C=C/C(=O)O)cc(Br)cc1C(F)(F)F. The molecule has 3 N–H and O–H groups in total. The van der Waals surface area contributed by atoms with Crippen molar-refractivity contribution in [2.24, 2.45) is 0 Å². The number of hydrogen-bond acceptors (Lipinski definition) is 2. The zero-order valence-electron chi connectivity index (χ0n) is 8.25. The van der Waals surface area contributed by atoms with E-state index >= 15 is 0 Å². The third-order valence-electron chi connectivity index (χ3n) is 1.89. The molecule has 1 aromatic carbocycles. The molecule has 0 atom stereocenters. The number of halogens is 4. The maximum absolute atomic E-state index is 12.6. The van der Waals surface area contributed by atoms with E-state index in [-0.39, 0.29) is 10.0 Å². The van der Waals surface area contributed by atoms with E-state index in [1.807, 2.05) is 0 Å². The van der Waals surface area contributed by atoms with E-state index in [0.717, 1.165) is 18.2 Å². The van der Waals surface area contributed by atoms with Crippen molar-refractivity contribution >= 4 is 33.7 Å². The first kappa shape index (κ1) is 13.6. The summed E-state index contributed by atoms with van der Waals surface area (Å²) < 4.78 is 37.9. The maximum Gasteiger partial charge on any atom is 0.418 e. The highest BCUT2D eigenvalue weighted by molar-refractivity contribution is 9.10. The van der Waals surface area contributed by atoms with Crippen molar-refractivity contribution in [2.75, 3.05) is 5.73 Å². The Kier molecular flexibility index (Phi) is 3.82. The molecule has 0 spiro atoms. The quantitative estimate of drug-likeness (QED) is 0.651. The van der Waals surface area contributed by atoms with Crippen molar-refractivity contribution in [1.29, 1.82) is 0 Å². The van der Waals surface area contributed by atoms with E-state index in [1.165, 1.54) is 6.07 Å². The number of benzene rings is 1. The Bertz CT molecular complexity index is 483. The molecular formula is C10H7BrF3NO2. The van der Waals surface area contributed by atoms with Crippen LogP contribution in [0.15, 0.2) is 22.7 Å². The Morgan fingerprint density at radius 2 is 2.00 bits per heavy atom. The molecule has 7 heteroatoms. The van der Waals surface area contributed by atoms with Crippen LogP contribution < -0.4 is 5.73 Å². The number of hydrogen-bond donors (Lipinski definition) is 2. The number of carboxylic acids is 1. The largest absolute Gasteiger partial charge is 0.478 e. The highest BCUT2D eigenvalue weighted by Gasteiger charge is 2.33. The molecule has 0 heterocycles. The monoisotopic (exact) mass is 309 g/mol. The van der Waals surface area contributed by atoms with E-state index in [0.29, 0.717) is 0 Å². The second kappa shape index (κ2) is 4.79. The lowest BCUT2D eigenvalue weighted by Gasteiger charge is -2.12. The fourth-order valence-corrected chi connectivity index (χ4v) is 1.65. The highest BCUT2D eigenvalue weighted by Crippen LogP contribution is 2.37. The van der Waals surface area contributed by atoms with Crippen LogP contribution in [-0.2, 0) is 11.0 Å². The number of carbonyl (C=O) groups is 1. The predicted molar refractivity (Wildman–Crippen MR) is 60.2 cm³/mol. The molecule has 0 bridgehead atoms. The molecule has 0 saturated heterocycles. The first-order chi connectivity index (χ1) is 7.71. The molecule has 17 heavy (non-hydrogen) atoms. The Morgan fingerprint density at radius 3 is 2.47 bits per heavy atom. The summed E-state index contributed by atoms with van der Waals surface area (Å²) >= 11 is 2.91. The third-order valence-corrected chi connectivity index (χ3v) is 2.35. The number of nitrogen functional groups attached to an aromatic ring is 1. The minimum atomic E-state index is -4.58. The van der Waals surface area contributed by atoms with Crippen molar-refractivity contribution in [3.05, 3.63) is 33.8 Å². The number of carboxylic acid groups (broad SMARTS) is 1. The lowest BCUT2D eigenvalue weighted by atomic mass is 10.1. The van der Waals surface area contributed by atoms with Crippen LogP contribution in [0.3, 0.4) is 0 Å². The van der Waals surface area contributed by atoms with Gasteiger partial charge in [-0.25, -0.2) is 4.79 Å². The van der Waals surface area contributed by atoms with Gasteiger partial charge in [-0.2, -0.15) is 13.2 Å². The standard InChI is InChI=1S/C10H7BrF3NO2/c11-6-3-5(1-2-8(16)17)9(15)7(4-6)10(12,13)14/h1-4H,15H2,(H,16,17)/b2-1+. The van der Waals surface area contributed by atoms with E-state index in [2.05, 4.69) is 15.9 Å². The molecule has 0 aromatic heterocycles. The van der Waals surface area contributed by atoms with Gasteiger partial charge in [-0.15, -0.1) is 0 Å². The van der Waals surface area contributed by atoms with Gasteiger partial charge in [0, 0.05) is 10.5 Å². The molecule has 1 aromatic rings. The van der Waals surface area contributed by atoms with Crippen LogP contribution in [0.4, 0.5) is 18.9 Å². The van der Waals surface area contributed by atoms with Gasteiger partial charge in [-0.05, 0) is 23.8 Å². The molecule has 0 saturated carbocycles. The van der Waals surface area contributed by atoms with Gasteiger partial charge in [0.05, 0.1) is 11.3 Å². The summed E-state index contributed by atoms with van der Waals surface area (Å²) in [4.78, 5) is 10.3. The van der Waals surface area contributed by atoms with Crippen LogP contribution in [-0.4, -0.2) is 11.1 Å². The number of rotatable bonds is 2. The molecule has 0 aliphatic heterocycles. The zero-order chi connectivity index (χ0) is 13.2. The molecule has 92 valence electrons. The maximum atomic E-state index is 12.6.